The van der Waals surface area contributed by atoms with Crippen molar-refractivity contribution in [3.63, 3.8) is 0 Å². The molecular weight excluding hydrogens is 865 g/mol. The van der Waals surface area contributed by atoms with Gasteiger partial charge in [0.15, 0.2) is 6.10 Å². The van der Waals surface area contributed by atoms with E-state index in [1.165, 1.54) is 64.2 Å². The van der Waals surface area contributed by atoms with Gasteiger partial charge in [0.25, 0.3) is 0 Å². The highest BCUT2D eigenvalue weighted by Gasteiger charge is 2.19. The fourth-order valence-corrected chi connectivity index (χ4v) is 7.45. The standard InChI is InChI=1S/C64H104O6/c1-4-7-10-13-16-19-22-25-27-29-31-32-34-35-37-39-42-45-48-51-54-57-63(66)69-60-61(59-68-62(65)56-53-50-47-44-41-24-21-18-15-12-9-6-3)70-64(67)58-55-52-49-46-43-40-38-36-33-30-28-26-23-20-17-14-11-8-5-2/h7-8,10-11,16-21,25-28,31-33,36,40,43,61H,4-6,9,12-15,22-24,29-30,34-35,37-39,41-42,44-60H2,1-3H3/b10-7-,11-8-,19-16-,20-17-,21-18-,27-25-,28-26-,32-31-,36-33-,43-40-. The average Bonchev–Trinajstić information content (AvgIpc) is 3.36. The van der Waals surface area contributed by atoms with Gasteiger partial charge in [0.1, 0.15) is 13.2 Å². The monoisotopic (exact) mass is 969 g/mol. The van der Waals surface area contributed by atoms with Crippen molar-refractivity contribution in [2.45, 2.75) is 252 Å². The van der Waals surface area contributed by atoms with Crippen molar-refractivity contribution >= 4 is 17.9 Å². The number of carbonyl (C=O) groups is 3. The van der Waals surface area contributed by atoms with Crippen LogP contribution in [-0.2, 0) is 28.6 Å². The van der Waals surface area contributed by atoms with Crippen LogP contribution in [0.15, 0.2) is 122 Å². The molecule has 0 spiro atoms. The molecule has 0 rings (SSSR count). The lowest BCUT2D eigenvalue weighted by Crippen LogP contribution is -2.30. The highest BCUT2D eigenvalue weighted by atomic mass is 16.6. The smallest absolute Gasteiger partial charge is 0.306 e. The first-order valence-corrected chi connectivity index (χ1v) is 28.5. The second-order valence-electron chi connectivity index (χ2n) is 18.4. The second-order valence-corrected chi connectivity index (χ2v) is 18.4. The van der Waals surface area contributed by atoms with E-state index < -0.39 is 6.10 Å². The molecule has 0 fully saturated rings. The average molecular weight is 970 g/mol. The molecule has 6 heteroatoms. The van der Waals surface area contributed by atoms with Crippen LogP contribution < -0.4 is 0 Å². The number of hydrogen-bond donors (Lipinski definition) is 0. The summed E-state index contributed by atoms with van der Waals surface area (Å²) in [6.07, 6.45) is 79.0. The molecule has 0 aromatic rings. The summed E-state index contributed by atoms with van der Waals surface area (Å²) in [6.45, 7) is 6.34. The Morgan fingerprint density at radius 2 is 0.557 bits per heavy atom. The molecule has 0 aromatic carbocycles. The summed E-state index contributed by atoms with van der Waals surface area (Å²) < 4.78 is 16.8. The van der Waals surface area contributed by atoms with E-state index in [4.69, 9.17) is 14.2 Å². The normalized spacial score (nSPS) is 13.0. The molecule has 0 heterocycles. The fourth-order valence-electron chi connectivity index (χ4n) is 7.45. The van der Waals surface area contributed by atoms with Crippen molar-refractivity contribution in [3.8, 4) is 0 Å². The van der Waals surface area contributed by atoms with Gasteiger partial charge < -0.3 is 14.2 Å². The second kappa shape index (κ2) is 57.4. The van der Waals surface area contributed by atoms with Gasteiger partial charge in [0, 0.05) is 19.3 Å². The predicted octanol–water partition coefficient (Wildman–Crippen LogP) is 19.3. The minimum Gasteiger partial charge on any atom is -0.462 e. The fraction of sp³-hybridized carbons (Fsp3) is 0.641. The van der Waals surface area contributed by atoms with Gasteiger partial charge in [-0.2, -0.15) is 0 Å². The van der Waals surface area contributed by atoms with E-state index in [0.29, 0.717) is 12.8 Å². The third-order valence-corrected chi connectivity index (χ3v) is 11.7. The van der Waals surface area contributed by atoms with Crippen LogP contribution in [0.2, 0.25) is 0 Å². The summed E-state index contributed by atoms with van der Waals surface area (Å²) in [4.78, 5) is 38.1. The van der Waals surface area contributed by atoms with E-state index >= 15 is 0 Å². The maximum Gasteiger partial charge on any atom is 0.306 e. The first kappa shape index (κ1) is 65.8. The molecule has 0 aliphatic carbocycles. The molecule has 0 aliphatic rings. The van der Waals surface area contributed by atoms with Gasteiger partial charge >= 0.3 is 17.9 Å². The van der Waals surface area contributed by atoms with Gasteiger partial charge in [-0.15, -0.1) is 0 Å². The van der Waals surface area contributed by atoms with Gasteiger partial charge in [-0.1, -0.05) is 219 Å². The third kappa shape index (κ3) is 54.7. The molecule has 6 nitrogen and oxygen atoms in total. The maximum atomic E-state index is 12.8. The van der Waals surface area contributed by atoms with E-state index in [9.17, 15) is 14.4 Å². The van der Waals surface area contributed by atoms with Gasteiger partial charge in [-0.05, 0) is 128 Å². The molecule has 396 valence electrons. The summed E-state index contributed by atoms with van der Waals surface area (Å²) >= 11 is 0. The molecule has 0 amide bonds. The zero-order valence-corrected chi connectivity index (χ0v) is 45.2. The number of rotatable bonds is 50. The Balaban J connectivity index is 4.45. The molecule has 0 aromatic heterocycles. The van der Waals surface area contributed by atoms with Crippen LogP contribution in [0, 0.1) is 0 Å². The van der Waals surface area contributed by atoms with Crippen molar-refractivity contribution in [2.75, 3.05) is 13.2 Å². The van der Waals surface area contributed by atoms with Crippen LogP contribution in [0.3, 0.4) is 0 Å². The summed E-state index contributed by atoms with van der Waals surface area (Å²) in [5, 5.41) is 0. The van der Waals surface area contributed by atoms with Gasteiger partial charge in [-0.25, -0.2) is 0 Å². The minimum atomic E-state index is -0.806. The molecule has 0 saturated carbocycles. The Morgan fingerprint density at radius 3 is 0.900 bits per heavy atom. The molecule has 0 aliphatic heterocycles. The number of unbranched alkanes of at least 4 members (excludes halogenated alkanes) is 19. The van der Waals surface area contributed by atoms with Crippen molar-refractivity contribution in [1.29, 1.82) is 0 Å². The largest absolute Gasteiger partial charge is 0.462 e. The lowest BCUT2D eigenvalue weighted by Gasteiger charge is -2.18. The quantitative estimate of drug-likeness (QED) is 0.0262. The molecular formula is C64H104O6. The highest BCUT2D eigenvalue weighted by Crippen LogP contribution is 2.14. The van der Waals surface area contributed by atoms with E-state index in [0.717, 1.165) is 141 Å². The van der Waals surface area contributed by atoms with Crippen molar-refractivity contribution in [1.82, 2.24) is 0 Å². The van der Waals surface area contributed by atoms with Crippen molar-refractivity contribution in [2.24, 2.45) is 0 Å². The van der Waals surface area contributed by atoms with E-state index in [2.05, 4.69) is 142 Å². The lowest BCUT2D eigenvalue weighted by molar-refractivity contribution is -0.167. The Hall–Kier alpha value is -4.19. The Bertz CT molecular complexity index is 1490. The van der Waals surface area contributed by atoms with Crippen LogP contribution >= 0.6 is 0 Å². The van der Waals surface area contributed by atoms with Gasteiger partial charge in [0.2, 0.25) is 0 Å². The maximum absolute atomic E-state index is 12.8. The predicted molar refractivity (Wildman–Crippen MR) is 302 cm³/mol. The molecule has 1 unspecified atom stereocenters. The molecule has 70 heavy (non-hydrogen) atoms. The van der Waals surface area contributed by atoms with Crippen LogP contribution in [-0.4, -0.2) is 37.2 Å². The topological polar surface area (TPSA) is 78.9 Å². The zero-order chi connectivity index (χ0) is 50.7. The molecule has 1 atom stereocenters. The van der Waals surface area contributed by atoms with Crippen LogP contribution in [0.1, 0.15) is 245 Å². The Kier molecular flexibility index (Phi) is 54.0. The number of ether oxygens (including phenoxy) is 3. The van der Waals surface area contributed by atoms with Crippen molar-refractivity contribution < 1.29 is 28.6 Å². The first-order chi connectivity index (χ1) is 34.5. The molecule has 0 saturated heterocycles. The minimum absolute atomic E-state index is 0.101. The van der Waals surface area contributed by atoms with E-state index in [1.807, 2.05) is 0 Å². The lowest BCUT2D eigenvalue weighted by atomic mass is 10.1. The summed E-state index contributed by atoms with van der Waals surface area (Å²) in [5.74, 6) is -0.953. The highest BCUT2D eigenvalue weighted by molar-refractivity contribution is 5.71. The summed E-state index contributed by atoms with van der Waals surface area (Å²) in [7, 11) is 0. The first-order valence-electron chi connectivity index (χ1n) is 28.5. The Morgan fingerprint density at radius 1 is 0.300 bits per heavy atom. The molecule has 0 bridgehead atoms. The van der Waals surface area contributed by atoms with E-state index in [1.54, 1.807) is 0 Å². The molecule has 0 radical (unpaired) electrons. The van der Waals surface area contributed by atoms with E-state index in [-0.39, 0.29) is 37.5 Å². The third-order valence-electron chi connectivity index (χ3n) is 11.7. The summed E-state index contributed by atoms with van der Waals surface area (Å²) in [5.41, 5.74) is 0. The van der Waals surface area contributed by atoms with Gasteiger partial charge in [0.05, 0.1) is 0 Å². The number of hydrogen-bond acceptors (Lipinski definition) is 6. The Labute approximate surface area is 431 Å². The molecule has 0 N–H and O–H groups in total. The zero-order valence-electron chi connectivity index (χ0n) is 45.2. The van der Waals surface area contributed by atoms with Crippen molar-refractivity contribution in [3.05, 3.63) is 122 Å². The van der Waals surface area contributed by atoms with Crippen LogP contribution in [0.5, 0.6) is 0 Å². The van der Waals surface area contributed by atoms with Crippen LogP contribution in [0.25, 0.3) is 0 Å². The van der Waals surface area contributed by atoms with Crippen LogP contribution in [0.4, 0.5) is 0 Å². The number of allylic oxidation sites excluding steroid dienone is 20. The number of esters is 3. The van der Waals surface area contributed by atoms with Gasteiger partial charge in [-0.3, -0.25) is 14.4 Å². The number of carbonyl (C=O) groups excluding carboxylic acids is 3. The summed E-state index contributed by atoms with van der Waals surface area (Å²) in [6, 6.07) is 0. The SMILES string of the molecule is CC/C=C\C/C=C\C/C=C\C/C=C\C/C=C\CCCCCC(=O)OC(COC(=O)CCCCCCC/C=C\CCCCC)COC(=O)CCCCCCCCCC/C=C\C/C=C\C/C=C\C/C=C\CC.